The van der Waals surface area contributed by atoms with Crippen LogP contribution in [0.3, 0.4) is 0 Å². The summed E-state index contributed by atoms with van der Waals surface area (Å²) in [6.45, 7) is 6.48. The van der Waals surface area contributed by atoms with Gasteiger partial charge >= 0.3 is 5.97 Å². The van der Waals surface area contributed by atoms with Gasteiger partial charge in [-0.3, -0.25) is 4.90 Å². The van der Waals surface area contributed by atoms with Crippen LogP contribution in [0.25, 0.3) is 0 Å². The molecule has 0 aromatic carbocycles. The number of ether oxygens (including phenoxy) is 1. The van der Waals surface area contributed by atoms with Crippen molar-refractivity contribution in [3.63, 3.8) is 0 Å². The van der Waals surface area contributed by atoms with E-state index in [-0.39, 0.29) is 12.1 Å². The molecule has 0 aliphatic carbocycles. The van der Waals surface area contributed by atoms with Crippen molar-refractivity contribution >= 4 is 17.6 Å². The predicted molar refractivity (Wildman–Crippen MR) is 75.5 cm³/mol. The molecule has 1 saturated heterocycles. The summed E-state index contributed by atoms with van der Waals surface area (Å²) in [5, 5.41) is 3.73. The first kappa shape index (κ1) is 14.4. The first-order valence-electron chi connectivity index (χ1n) is 6.68. The molecule has 2 aliphatic heterocycles. The van der Waals surface area contributed by atoms with E-state index in [2.05, 4.69) is 24.1 Å². The van der Waals surface area contributed by atoms with Crippen molar-refractivity contribution in [1.82, 2.24) is 10.2 Å². The van der Waals surface area contributed by atoms with Crippen molar-refractivity contribution < 1.29 is 9.53 Å². The minimum absolute atomic E-state index is 0.134. The highest BCUT2D eigenvalue weighted by Gasteiger charge is 2.33. The Kier molecular flexibility index (Phi) is 4.53. The Balaban J connectivity index is 2.15. The van der Waals surface area contributed by atoms with Gasteiger partial charge in [0.15, 0.2) is 0 Å². The molecule has 106 valence electrons. The number of nitrogens with one attached hydrogen (secondary N) is 1. The largest absolute Gasteiger partial charge is 0.466 e. The van der Waals surface area contributed by atoms with E-state index in [0.717, 1.165) is 25.4 Å². The number of nitrogens with zero attached hydrogens (tertiary/aromatic N) is 1. The van der Waals surface area contributed by atoms with Crippen LogP contribution < -0.4 is 5.32 Å². The molecule has 5 heteroatoms. The number of methoxy groups -OCH3 is 1. The Morgan fingerprint density at radius 1 is 1.47 bits per heavy atom. The maximum Gasteiger partial charge on any atom is 0.337 e. The Hall–Kier alpha value is -1.00. The summed E-state index contributed by atoms with van der Waals surface area (Å²) in [5.74, 6) is 1.02. The van der Waals surface area contributed by atoms with Crippen LogP contribution in [0, 0.1) is 11.8 Å². The molecule has 0 aromatic heterocycles. The maximum absolute atomic E-state index is 11.9. The second-order valence-electron chi connectivity index (χ2n) is 5.43. The van der Waals surface area contributed by atoms with Gasteiger partial charge in [-0.05, 0) is 24.3 Å². The molecule has 2 heterocycles. The molecule has 0 radical (unpaired) electrons. The lowest BCUT2D eigenvalue weighted by Crippen LogP contribution is -2.52. The van der Waals surface area contributed by atoms with Gasteiger partial charge in [0.05, 0.1) is 17.7 Å². The molecular weight excluding hydrogens is 264 g/mol. The van der Waals surface area contributed by atoms with Crippen LogP contribution in [0.2, 0.25) is 0 Å². The molecule has 2 rings (SSSR count). The van der Waals surface area contributed by atoms with Gasteiger partial charge in [0, 0.05) is 19.3 Å². The SMILES string of the molecule is COC(=O)C1=CC(Cl)=CNC1N1CCC(C)C(C)C1. The number of hydrogen-bond acceptors (Lipinski definition) is 4. The molecule has 0 saturated carbocycles. The molecule has 2 aliphatic rings. The molecule has 3 unspecified atom stereocenters. The van der Waals surface area contributed by atoms with Crippen molar-refractivity contribution in [3.8, 4) is 0 Å². The molecule has 19 heavy (non-hydrogen) atoms. The molecule has 0 spiro atoms. The summed E-state index contributed by atoms with van der Waals surface area (Å²) in [6.07, 6.45) is 4.44. The van der Waals surface area contributed by atoms with Crippen molar-refractivity contribution in [2.24, 2.45) is 11.8 Å². The lowest BCUT2D eigenvalue weighted by Gasteiger charge is -2.41. The quantitative estimate of drug-likeness (QED) is 0.788. The standard InChI is InChI=1S/C14H21ClN2O2/c1-9-4-5-17(8-10(9)2)13-12(14(18)19-3)6-11(15)7-16-13/h6-7,9-10,13,16H,4-5,8H2,1-3H3. The number of carbonyl (C=O) groups excluding carboxylic acids is 1. The number of piperidine rings is 1. The summed E-state index contributed by atoms with van der Waals surface area (Å²) < 4.78 is 4.85. The van der Waals surface area contributed by atoms with Crippen LogP contribution in [-0.4, -0.2) is 37.2 Å². The fourth-order valence-corrected chi connectivity index (χ4v) is 2.82. The summed E-state index contributed by atoms with van der Waals surface area (Å²) >= 11 is 5.96. The Morgan fingerprint density at radius 2 is 2.21 bits per heavy atom. The topological polar surface area (TPSA) is 41.6 Å². The highest BCUT2D eigenvalue weighted by molar-refractivity contribution is 6.31. The first-order valence-corrected chi connectivity index (χ1v) is 7.06. The normalized spacial score (nSPS) is 32.1. The fourth-order valence-electron chi connectivity index (χ4n) is 2.64. The Labute approximate surface area is 119 Å². The van der Waals surface area contributed by atoms with Gasteiger partial charge in [-0.2, -0.15) is 0 Å². The molecule has 4 nitrogen and oxygen atoms in total. The number of likely N-dealkylation sites (tertiary alicyclic amines) is 1. The molecule has 3 atom stereocenters. The Bertz CT molecular complexity index is 420. The number of hydrogen-bond donors (Lipinski definition) is 1. The van der Waals surface area contributed by atoms with Crippen molar-refractivity contribution in [2.45, 2.75) is 26.4 Å². The number of halogens is 1. The zero-order valence-electron chi connectivity index (χ0n) is 11.6. The van der Waals surface area contributed by atoms with Gasteiger partial charge in [0.1, 0.15) is 6.17 Å². The van der Waals surface area contributed by atoms with Crippen molar-refractivity contribution in [2.75, 3.05) is 20.2 Å². The lowest BCUT2D eigenvalue weighted by molar-refractivity contribution is -0.137. The number of dihydropyridines is 1. The highest BCUT2D eigenvalue weighted by atomic mass is 35.5. The van der Waals surface area contributed by atoms with E-state index in [1.54, 1.807) is 12.3 Å². The van der Waals surface area contributed by atoms with Crippen molar-refractivity contribution in [3.05, 3.63) is 22.9 Å². The zero-order valence-corrected chi connectivity index (χ0v) is 12.4. The number of carbonyl (C=O) groups is 1. The van der Waals surface area contributed by atoms with E-state index in [4.69, 9.17) is 16.3 Å². The molecular formula is C14H21ClN2O2. The lowest BCUT2D eigenvalue weighted by atomic mass is 9.88. The molecule has 1 fully saturated rings. The van der Waals surface area contributed by atoms with Crippen LogP contribution in [0.5, 0.6) is 0 Å². The van der Waals surface area contributed by atoms with Gasteiger partial charge < -0.3 is 10.1 Å². The third-order valence-electron chi connectivity index (χ3n) is 4.12. The van der Waals surface area contributed by atoms with E-state index in [9.17, 15) is 4.79 Å². The summed E-state index contributed by atoms with van der Waals surface area (Å²) in [5.41, 5.74) is 0.580. The Morgan fingerprint density at radius 3 is 2.84 bits per heavy atom. The van der Waals surface area contributed by atoms with Crippen LogP contribution >= 0.6 is 11.6 Å². The third-order valence-corrected chi connectivity index (χ3v) is 4.34. The molecule has 0 aromatic rings. The summed E-state index contributed by atoms with van der Waals surface area (Å²) in [6, 6.07) is 0. The average molecular weight is 285 g/mol. The second kappa shape index (κ2) is 5.97. The number of esters is 1. The predicted octanol–water partition coefficient (Wildman–Crippen LogP) is 2.07. The van der Waals surface area contributed by atoms with E-state index in [1.807, 2.05) is 0 Å². The molecule has 0 bridgehead atoms. The van der Waals surface area contributed by atoms with Gasteiger partial charge in [0.25, 0.3) is 0 Å². The maximum atomic E-state index is 11.9. The van der Waals surface area contributed by atoms with Crippen LogP contribution in [0.1, 0.15) is 20.3 Å². The monoisotopic (exact) mass is 284 g/mol. The van der Waals surface area contributed by atoms with Gasteiger partial charge in [-0.25, -0.2) is 4.79 Å². The molecule has 1 N–H and O–H groups in total. The van der Waals surface area contributed by atoms with E-state index >= 15 is 0 Å². The minimum Gasteiger partial charge on any atom is -0.466 e. The van der Waals surface area contributed by atoms with Crippen LogP contribution in [0.15, 0.2) is 22.9 Å². The van der Waals surface area contributed by atoms with Gasteiger partial charge in [-0.15, -0.1) is 0 Å². The first-order chi connectivity index (χ1) is 9.02. The van der Waals surface area contributed by atoms with Crippen LogP contribution in [0.4, 0.5) is 0 Å². The zero-order chi connectivity index (χ0) is 14.0. The van der Waals surface area contributed by atoms with Gasteiger partial charge in [0.2, 0.25) is 0 Å². The van der Waals surface area contributed by atoms with Crippen molar-refractivity contribution in [1.29, 1.82) is 0 Å². The van der Waals surface area contributed by atoms with Gasteiger partial charge in [-0.1, -0.05) is 25.4 Å². The summed E-state index contributed by atoms with van der Waals surface area (Å²) in [7, 11) is 1.40. The van der Waals surface area contributed by atoms with E-state index in [1.165, 1.54) is 7.11 Å². The average Bonchev–Trinajstić information content (AvgIpc) is 2.41. The summed E-state index contributed by atoms with van der Waals surface area (Å²) in [4.78, 5) is 14.2. The number of allylic oxidation sites excluding steroid dienone is 2. The highest BCUT2D eigenvalue weighted by Crippen LogP contribution is 2.27. The smallest absolute Gasteiger partial charge is 0.337 e. The fraction of sp³-hybridized carbons (Fsp3) is 0.643. The number of rotatable bonds is 2. The van der Waals surface area contributed by atoms with Crippen LogP contribution in [-0.2, 0) is 9.53 Å². The molecule has 0 amide bonds. The minimum atomic E-state index is -0.324. The second-order valence-corrected chi connectivity index (χ2v) is 5.86. The third kappa shape index (κ3) is 3.12. The van der Waals surface area contributed by atoms with E-state index in [0.29, 0.717) is 16.5 Å². The van der Waals surface area contributed by atoms with E-state index < -0.39 is 0 Å².